The Bertz CT molecular complexity index is 1690. The smallest absolute Gasteiger partial charge is 0.306 e. The SMILES string of the molecule is Cc1ccc2c(c1)CCN(C(=O)[C@@H](NC(=O)[C@H](CCCC(=O)OC(C)C)NC(=O)C1Cc3ccccc3N1)C(C)C)[C@@H]2C(=O)N[C@H](C#N)CC(=O)O. The second-order valence-electron chi connectivity index (χ2n) is 14.0. The Balaban J connectivity index is 1.56. The van der Waals surface area contributed by atoms with E-state index >= 15 is 0 Å². The highest BCUT2D eigenvalue weighted by molar-refractivity contribution is 5.96. The third kappa shape index (κ3) is 10.1. The number of amides is 4. The summed E-state index contributed by atoms with van der Waals surface area (Å²) in [6.07, 6.45) is 0.241. The number of esters is 1. The number of hydrogen-bond donors (Lipinski definition) is 5. The van der Waals surface area contributed by atoms with Crippen LogP contribution >= 0.6 is 0 Å². The molecule has 52 heavy (non-hydrogen) atoms. The Morgan fingerprint density at radius 1 is 1.00 bits per heavy atom. The Morgan fingerprint density at radius 3 is 2.38 bits per heavy atom. The molecule has 2 heterocycles. The lowest BCUT2D eigenvalue weighted by molar-refractivity contribution is -0.147. The lowest BCUT2D eigenvalue weighted by Crippen LogP contribution is -2.59. The summed E-state index contributed by atoms with van der Waals surface area (Å²) in [4.78, 5) is 80.6. The summed E-state index contributed by atoms with van der Waals surface area (Å²) in [5.74, 6) is -4.48. The third-order valence-electron chi connectivity index (χ3n) is 9.10. The molecule has 2 aliphatic heterocycles. The molecule has 1 unspecified atom stereocenters. The number of nitrogens with zero attached hydrogens (tertiary/aromatic N) is 2. The molecule has 0 saturated heterocycles. The van der Waals surface area contributed by atoms with Gasteiger partial charge in [-0.15, -0.1) is 0 Å². The lowest BCUT2D eigenvalue weighted by atomic mass is 9.89. The van der Waals surface area contributed by atoms with Gasteiger partial charge in [0.25, 0.3) is 0 Å². The molecule has 2 aromatic rings. The van der Waals surface area contributed by atoms with Crippen LogP contribution in [0.1, 0.15) is 81.7 Å². The van der Waals surface area contributed by atoms with E-state index in [1.807, 2.05) is 37.3 Å². The van der Waals surface area contributed by atoms with Crippen LogP contribution in [-0.2, 0) is 46.3 Å². The molecule has 2 aliphatic rings. The first-order valence-corrected chi connectivity index (χ1v) is 17.6. The van der Waals surface area contributed by atoms with Crippen molar-refractivity contribution in [2.75, 3.05) is 11.9 Å². The molecule has 0 saturated carbocycles. The number of ether oxygens (including phenoxy) is 1. The standard InChI is InChI=1S/C38H48N6O8/c1-21(2)33(38(51)44-16-15-24-17-23(5)13-14-27(24)34(44)37(50)40-26(20-39)19-31(45)46)43-35(48)29(11-8-12-32(47)52-22(3)4)42-36(49)30-18-25-9-6-7-10-28(25)41-30/h6-7,9-10,13-14,17,21-22,26,29-30,33-34,41H,8,11-12,15-16,18-19H2,1-5H3,(H,40,50)(H,42,49)(H,43,48)(H,45,46)/t26-,29-,30?,33-,34-/m0/s1. The minimum absolute atomic E-state index is 0.0203. The van der Waals surface area contributed by atoms with E-state index in [1.54, 1.807) is 45.9 Å². The van der Waals surface area contributed by atoms with Gasteiger partial charge in [0.2, 0.25) is 23.6 Å². The average Bonchev–Trinajstić information content (AvgIpc) is 3.53. The maximum atomic E-state index is 14.4. The van der Waals surface area contributed by atoms with E-state index in [-0.39, 0.29) is 31.9 Å². The Kier molecular flexibility index (Phi) is 13.4. The highest BCUT2D eigenvalue weighted by atomic mass is 16.5. The van der Waals surface area contributed by atoms with Crippen molar-refractivity contribution in [1.29, 1.82) is 5.26 Å². The van der Waals surface area contributed by atoms with Crippen molar-refractivity contribution in [3.8, 4) is 6.07 Å². The van der Waals surface area contributed by atoms with Crippen molar-refractivity contribution in [3.63, 3.8) is 0 Å². The van der Waals surface area contributed by atoms with E-state index in [0.717, 1.165) is 22.4 Å². The van der Waals surface area contributed by atoms with Crippen LogP contribution < -0.4 is 21.3 Å². The van der Waals surface area contributed by atoms with Crippen LogP contribution in [0.2, 0.25) is 0 Å². The number of aliphatic carboxylic acids is 1. The maximum absolute atomic E-state index is 14.4. The zero-order valence-electron chi connectivity index (χ0n) is 30.2. The highest BCUT2D eigenvalue weighted by Gasteiger charge is 2.41. The van der Waals surface area contributed by atoms with E-state index in [4.69, 9.17) is 4.74 Å². The van der Waals surface area contributed by atoms with Gasteiger partial charge < -0.3 is 36.0 Å². The average molecular weight is 717 g/mol. The van der Waals surface area contributed by atoms with E-state index in [9.17, 15) is 39.1 Å². The van der Waals surface area contributed by atoms with Gasteiger partial charge in [-0.2, -0.15) is 5.26 Å². The van der Waals surface area contributed by atoms with E-state index in [2.05, 4.69) is 21.3 Å². The summed E-state index contributed by atoms with van der Waals surface area (Å²) in [6, 6.07) is 9.38. The van der Waals surface area contributed by atoms with Gasteiger partial charge in [0.15, 0.2) is 0 Å². The Hall–Kier alpha value is -5.45. The monoisotopic (exact) mass is 716 g/mol. The zero-order chi connectivity index (χ0) is 38.1. The number of hydrogen-bond acceptors (Lipinski definition) is 9. The van der Waals surface area contributed by atoms with Crippen molar-refractivity contribution in [3.05, 3.63) is 64.7 Å². The molecule has 0 aromatic heterocycles. The first kappa shape index (κ1) is 39.3. The molecule has 0 bridgehead atoms. The normalized spacial score (nSPS) is 17.8. The molecule has 14 nitrogen and oxygen atoms in total. The Morgan fingerprint density at radius 2 is 1.73 bits per heavy atom. The van der Waals surface area contributed by atoms with E-state index < -0.39 is 78.1 Å². The molecule has 4 rings (SSSR count). The van der Waals surface area contributed by atoms with E-state index in [0.29, 0.717) is 18.4 Å². The molecule has 0 radical (unpaired) electrons. The second kappa shape index (κ2) is 17.7. The van der Waals surface area contributed by atoms with Crippen molar-refractivity contribution in [2.45, 2.75) is 109 Å². The fourth-order valence-corrected chi connectivity index (χ4v) is 6.55. The summed E-state index contributed by atoms with van der Waals surface area (Å²) in [5, 5.41) is 30.1. The van der Waals surface area contributed by atoms with Crippen LogP contribution in [0.4, 0.5) is 5.69 Å². The molecular weight excluding hydrogens is 668 g/mol. The number of carboxylic acids is 1. The van der Waals surface area contributed by atoms with Crippen LogP contribution in [0.3, 0.4) is 0 Å². The summed E-state index contributed by atoms with van der Waals surface area (Å²) in [5.41, 5.74) is 4.11. The summed E-state index contributed by atoms with van der Waals surface area (Å²) in [6.45, 7) is 8.98. The summed E-state index contributed by atoms with van der Waals surface area (Å²) >= 11 is 0. The Labute approximate surface area is 303 Å². The number of benzene rings is 2. The van der Waals surface area contributed by atoms with Gasteiger partial charge >= 0.3 is 11.9 Å². The van der Waals surface area contributed by atoms with Crippen LogP contribution in [0.25, 0.3) is 0 Å². The zero-order valence-corrected chi connectivity index (χ0v) is 30.2. The van der Waals surface area contributed by atoms with Crippen LogP contribution in [0.5, 0.6) is 0 Å². The first-order valence-electron chi connectivity index (χ1n) is 17.6. The fourth-order valence-electron chi connectivity index (χ4n) is 6.55. The van der Waals surface area contributed by atoms with Crippen molar-refractivity contribution >= 4 is 41.3 Å². The number of nitriles is 1. The molecule has 5 N–H and O–H groups in total. The van der Waals surface area contributed by atoms with Gasteiger partial charge in [-0.3, -0.25) is 28.8 Å². The van der Waals surface area contributed by atoms with Gasteiger partial charge in [0, 0.05) is 25.1 Å². The molecule has 14 heteroatoms. The first-order chi connectivity index (χ1) is 24.7. The number of carboxylic acid groups (broad SMARTS) is 1. The molecule has 0 spiro atoms. The van der Waals surface area contributed by atoms with Crippen LogP contribution in [0, 0.1) is 24.2 Å². The number of fused-ring (bicyclic) bond motifs is 2. The molecule has 0 fully saturated rings. The van der Waals surface area contributed by atoms with Crippen LogP contribution in [-0.4, -0.2) is 82.4 Å². The maximum Gasteiger partial charge on any atom is 0.306 e. The van der Waals surface area contributed by atoms with Crippen LogP contribution in [0.15, 0.2) is 42.5 Å². The molecule has 278 valence electrons. The number of carbonyl (C=O) groups is 6. The predicted octanol–water partition coefficient (Wildman–Crippen LogP) is 2.69. The van der Waals surface area contributed by atoms with Crippen molar-refractivity contribution < 1.29 is 38.6 Å². The number of para-hydroxylation sites is 1. The summed E-state index contributed by atoms with van der Waals surface area (Å²) < 4.78 is 5.23. The quantitative estimate of drug-likeness (QED) is 0.170. The molecular formula is C38H48N6O8. The molecule has 5 atom stereocenters. The lowest BCUT2D eigenvalue weighted by Gasteiger charge is -2.39. The number of anilines is 1. The minimum Gasteiger partial charge on any atom is -0.481 e. The van der Waals surface area contributed by atoms with Gasteiger partial charge in [0.1, 0.15) is 30.2 Å². The van der Waals surface area contributed by atoms with Crippen molar-refractivity contribution in [2.24, 2.45) is 5.92 Å². The van der Waals surface area contributed by atoms with E-state index in [1.165, 1.54) is 4.90 Å². The highest BCUT2D eigenvalue weighted by Crippen LogP contribution is 2.32. The predicted molar refractivity (Wildman–Crippen MR) is 190 cm³/mol. The number of carbonyl (C=O) groups excluding carboxylic acids is 5. The second-order valence-corrected chi connectivity index (χ2v) is 14.0. The van der Waals surface area contributed by atoms with Crippen molar-refractivity contribution in [1.82, 2.24) is 20.9 Å². The van der Waals surface area contributed by atoms with Gasteiger partial charge in [0.05, 0.1) is 18.6 Å². The summed E-state index contributed by atoms with van der Waals surface area (Å²) in [7, 11) is 0. The largest absolute Gasteiger partial charge is 0.481 e. The topological polar surface area (TPSA) is 207 Å². The number of rotatable bonds is 15. The van der Waals surface area contributed by atoms with Gasteiger partial charge in [-0.1, -0.05) is 55.8 Å². The molecule has 4 amide bonds. The third-order valence-corrected chi connectivity index (χ3v) is 9.10. The van der Waals surface area contributed by atoms with Gasteiger partial charge in [-0.05, 0) is 68.7 Å². The molecule has 0 aliphatic carbocycles. The number of aryl methyl sites for hydroxylation is 1. The van der Waals surface area contributed by atoms with Gasteiger partial charge in [-0.25, -0.2) is 0 Å². The fraction of sp³-hybridized carbons (Fsp3) is 0.500. The number of nitrogens with one attached hydrogen (secondary N) is 4. The molecule has 2 aromatic carbocycles. The minimum atomic E-state index is -1.33.